The summed E-state index contributed by atoms with van der Waals surface area (Å²) in [6.07, 6.45) is 6.01. The van der Waals surface area contributed by atoms with Crippen molar-refractivity contribution in [1.82, 2.24) is 0 Å². The number of ether oxygens (including phenoxy) is 1. The van der Waals surface area contributed by atoms with E-state index in [0.29, 0.717) is 19.3 Å². The molecule has 0 aliphatic heterocycles. The number of hydrogen-bond acceptors (Lipinski definition) is 7. The standard InChI is InChI=1S/C28H45NO5S/c1-6-26(4)14-22(34-23(32)15-35-21-8-7-18(29)13-20(21)31)27(5)16(2)9-11-28(17(3)25(26)33)12-10-19(30)24(27)28/h6,16-18,20-22,24-25,31,33H,1,7-15,29H2,2-5H3/t16-,17+,18+,20+,21+,22-,24+,25+,26-,27+,28+/m1/s1. The Morgan fingerprint density at radius 3 is 2.60 bits per heavy atom. The molecule has 0 aromatic heterocycles. The Bertz CT molecular complexity index is 851. The van der Waals surface area contributed by atoms with Gasteiger partial charge in [0.25, 0.3) is 0 Å². The maximum Gasteiger partial charge on any atom is 0.316 e. The van der Waals surface area contributed by atoms with Gasteiger partial charge in [0, 0.05) is 34.5 Å². The lowest BCUT2D eigenvalue weighted by Crippen LogP contribution is -2.63. The molecule has 198 valence electrons. The number of nitrogens with two attached hydrogens (primary N) is 1. The minimum Gasteiger partial charge on any atom is -0.461 e. The highest BCUT2D eigenvalue weighted by Gasteiger charge is 2.68. The molecule has 4 rings (SSSR count). The number of carbonyl (C=O) groups excluding carboxylic acids is 2. The van der Waals surface area contributed by atoms with Gasteiger partial charge in [0.15, 0.2) is 0 Å². The van der Waals surface area contributed by atoms with Gasteiger partial charge in [-0.15, -0.1) is 18.3 Å². The maximum absolute atomic E-state index is 13.5. The molecule has 0 unspecified atom stereocenters. The normalized spacial score (nSPS) is 50.1. The van der Waals surface area contributed by atoms with Crippen molar-refractivity contribution in [2.75, 3.05) is 5.75 Å². The van der Waals surface area contributed by atoms with Gasteiger partial charge < -0.3 is 20.7 Å². The van der Waals surface area contributed by atoms with Crippen molar-refractivity contribution in [3.63, 3.8) is 0 Å². The van der Waals surface area contributed by atoms with Crippen molar-refractivity contribution in [2.24, 2.45) is 39.7 Å². The first kappa shape index (κ1) is 27.2. The molecule has 0 heterocycles. The summed E-state index contributed by atoms with van der Waals surface area (Å²) >= 11 is 1.45. The molecule has 6 nitrogen and oxygen atoms in total. The largest absolute Gasteiger partial charge is 0.461 e. The fraction of sp³-hybridized carbons (Fsp3) is 0.857. The molecule has 4 saturated carbocycles. The second kappa shape index (κ2) is 9.77. The van der Waals surface area contributed by atoms with Crippen molar-refractivity contribution in [3.8, 4) is 0 Å². The molecule has 4 aliphatic rings. The van der Waals surface area contributed by atoms with Crippen molar-refractivity contribution >= 4 is 23.5 Å². The van der Waals surface area contributed by atoms with Crippen molar-refractivity contribution < 1.29 is 24.5 Å². The van der Waals surface area contributed by atoms with Crippen LogP contribution in [0.5, 0.6) is 0 Å². The molecule has 7 heteroatoms. The van der Waals surface area contributed by atoms with Gasteiger partial charge in [-0.3, -0.25) is 9.59 Å². The first-order chi connectivity index (χ1) is 16.4. The van der Waals surface area contributed by atoms with Crippen LogP contribution in [0.2, 0.25) is 0 Å². The highest BCUT2D eigenvalue weighted by molar-refractivity contribution is 8.00. The minimum absolute atomic E-state index is 0.0194. The summed E-state index contributed by atoms with van der Waals surface area (Å²) in [4.78, 5) is 26.7. The Balaban J connectivity index is 1.62. The Labute approximate surface area is 214 Å². The van der Waals surface area contributed by atoms with Gasteiger partial charge in [-0.2, -0.15) is 0 Å². The topological polar surface area (TPSA) is 110 Å². The molecular formula is C28H45NO5S. The van der Waals surface area contributed by atoms with Crippen molar-refractivity contribution in [1.29, 1.82) is 0 Å². The van der Waals surface area contributed by atoms with Crippen LogP contribution < -0.4 is 5.73 Å². The molecule has 35 heavy (non-hydrogen) atoms. The van der Waals surface area contributed by atoms with Gasteiger partial charge in [-0.25, -0.2) is 0 Å². The number of aliphatic hydroxyl groups is 2. The molecule has 0 radical (unpaired) electrons. The molecule has 2 bridgehead atoms. The van der Waals surface area contributed by atoms with E-state index in [1.165, 1.54) is 11.8 Å². The van der Waals surface area contributed by atoms with E-state index in [1.54, 1.807) is 0 Å². The predicted octanol–water partition coefficient (Wildman–Crippen LogP) is 3.87. The summed E-state index contributed by atoms with van der Waals surface area (Å²) in [6, 6.07) is 0.0195. The molecular weight excluding hydrogens is 462 g/mol. The molecule has 0 aromatic rings. The number of Topliss-reactive ketones (excluding diaryl/α,β-unsaturated/α-hetero) is 1. The molecule has 0 aromatic carbocycles. The fourth-order valence-electron chi connectivity index (χ4n) is 8.21. The van der Waals surface area contributed by atoms with E-state index in [2.05, 4.69) is 27.4 Å². The van der Waals surface area contributed by atoms with Crippen LogP contribution in [0.3, 0.4) is 0 Å². The van der Waals surface area contributed by atoms with Crippen molar-refractivity contribution in [2.45, 2.75) is 109 Å². The van der Waals surface area contributed by atoms with Crippen LogP contribution in [-0.2, 0) is 14.3 Å². The number of thioether (sulfide) groups is 1. The lowest BCUT2D eigenvalue weighted by atomic mass is 9.44. The predicted molar refractivity (Wildman–Crippen MR) is 139 cm³/mol. The third-order valence-corrected chi connectivity index (χ3v) is 12.2. The van der Waals surface area contributed by atoms with E-state index in [4.69, 9.17) is 10.5 Å². The highest BCUT2D eigenvalue weighted by atomic mass is 32.2. The Hall–Kier alpha value is -0.890. The molecule has 4 N–H and O–H groups in total. The minimum atomic E-state index is -0.663. The zero-order chi connectivity index (χ0) is 25.8. The van der Waals surface area contributed by atoms with E-state index in [1.807, 2.05) is 13.0 Å². The van der Waals surface area contributed by atoms with Crippen LogP contribution in [0.25, 0.3) is 0 Å². The van der Waals surface area contributed by atoms with Gasteiger partial charge in [0.05, 0.1) is 18.0 Å². The summed E-state index contributed by atoms with van der Waals surface area (Å²) < 4.78 is 6.29. The SMILES string of the molecule is C=C[C@]1(C)C[C@@H](OC(=O)CS[C@H]2CC[C@H](N)C[C@@H]2O)[C@]2(C)[C@H](C)CC[C@]3(CCC(=O)[C@H]32)[C@@H](C)[C@@H]1O. The second-order valence-corrected chi connectivity index (χ2v) is 13.8. The van der Waals surface area contributed by atoms with Gasteiger partial charge in [0.2, 0.25) is 0 Å². The third kappa shape index (κ3) is 4.42. The maximum atomic E-state index is 13.5. The van der Waals surface area contributed by atoms with E-state index in [-0.39, 0.29) is 52.0 Å². The Kier molecular flexibility index (Phi) is 7.58. The number of rotatable bonds is 5. The van der Waals surface area contributed by atoms with Crippen molar-refractivity contribution in [3.05, 3.63) is 12.7 Å². The smallest absolute Gasteiger partial charge is 0.316 e. The Morgan fingerprint density at radius 1 is 1.23 bits per heavy atom. The summed E-state index contributed by atoms with van der Waals surface area (Å²) in [7, 11) is 0. The highest BCUT2D eigenvalue weighted by Crippen LogP contribution is 2.68. The average molecular weight is 508 g/mol. The fourth-order valence-corrected chi connectivity index (χ4v) is 9.27. The molecule has 4 fully saturated rings. The third-order valence-electron chi connectivity index (χ3n) is 10.8. The quantitative estimate of drug-likeness (QED) is 0.383. The summed E-state index contributed by atoms with van der Waals surface area (Å²) in [5, 5.41) is 22.0. The van der Waals surface area contributed by atoms with Crippen LogP contribution in [0.4, 0.5) is 0 Å². The van der Waals surface area contributed by atoms with Gasteiger partial charge in [-0.05, 0) is 62.2 Å². The van der Waals surface area contributed by atoms with Crippen LogP contribution in [0.15, 0.2) is 12.7 Å². The van der Waals surface area contributed by atoms with Crippen LogP contribution in [0, 0.1) is 34.0 Å². The molecule has 4 aliphatic carbocycles. The van der Waals surface area contributed by atoms with E-state index < -0.39 is 29.1 Å². The number of carbonyl (C=O) groups is 2. The van der Waals surface area contributed by atoms with Crippen LogP contribution in [-0.4, -0.2) is 57.3 Å². The van der Waals surface area contributed by atoms with Gasteiger partial charge in [-0.1, -0.05) is 33.8 Å². The van der Waals surface area contributed by atoms with Gasteiger partial charge >= 0.3 is 5.97 Å². The summed E-state index contributed by atoms with van der Waals surface area (Å²) in [5.74, 6) is 0.0613. The van der Waals surface area contributed by atoms with E-state index >= 15 is 0 Å². The lowest BCUT2D eigenvalue weighted by Gasteiger charge is -2.61. The summed E-state index contributed by atoms with van der Waals surface area (Å²) in [6.45, 7) is 12.5. The molecule has 11 atom stereocenters. The first-order valence-electron chi connectivity index (χ1n) is 13.5. The van der Waals surface area contributed by atoms with E-state index in [9.17, 15) is 19.8 Å². The van der Waals surface area contributed by atoms with Crippen LogP contribution in [0.1, 0.15) is 79.1 Å². The zero-order valence-corrected chi connectivity index (χ0v) is 22.7. The molecule has 0 spiro atoms. The molecule has 0 amide bonds. The second-order valence-electron chi connectivity index (χ2n) is 12.6. The monoisotopic (exact) mass is 507 g/mol. The van der Waals surface area contributed by atoms with Crippen LogP contribution >= 0.6 is 11.8 Å². The number of esters is 1. The number of aliphatic hydroxyl groups excluding tert-OH is 2. The number of ketones is 1. The molecule has 0 saturated heterocycles. The van der Waals surface area contributed by atoms with E-state index in [0.717, 1.165) is 32.1 Å². The summed E-state index contributed by atoms with van der Waals surface area (Å²) in [5.41, 5.74) is 4.57. The van der Waals surface area contributed by atoms with Gasteiger partial charge in [0.1, 0.15) is 11.9 Å². The average Bonchev–Trinajstić information content (AvgIpc) is 3.17. The number of hydrogen-bond donors (Lipinski definition) is 3. The zero-order valence-electron chi connectivity index (χ0n) is 21.9. The lowest BCUT2D eigenvalue weighted by molar-refractivity contribution is -0.205. The Morgan fingerprint density at radius 2 is 1.94 bits per heavy atom. The first-order valence-corrected chi connectivity index (χ1v) is 14.5.